The number of nitrogens with zero attached hydrogens (tertiary/aromatic N) is 1. The Morgan fingerprint density at radius 2 is 1.49 bits per heavy atom. The average Bonchev–Trinajstić information content (AvgIpc) is 3.29. The van der Waals surface area contributed by atoms with E-state index in [1.54, 1.807) is 30.3 Å². The molecule has 35 heavy (non-hydrogen) atoms. The van der Waals surface area contributed by atoms with E-state index >= 15 is 0 Å². The summed E-state index contributed by atoms with van der Waals surface area (Å²) >= 11 is 0. The highest BCUT2D eigenvalue weighted by atomic mass is 16.4. The molecule has 5 rings (SSSR count). The minimum atomic E-state index is -1.41. The summed E-state index contributed by atoms with van der Waals surface area (Å²) in [4.78, 5) is 10.2. The quantitative estimate of drug-likeness (QED) is 0.313. The van der Waals surface area contributed by atoms with Crippen molar-refractivity contribution in [2.75, 3.05) is 0 Å². The van der Waals surface area contributed by atoms with Crippen molar-refractivity contribution in [2.24, 2.45) is 0 Å². The number of fused-ring (bicyclic) bond motifs is 3. The van der Waals surface area contributed by atoms with E-state index in [4.69, 9.17) is 10.2 Å². The summed E-state index contributed by atoms with van der Waals surface area (Å²) in [6.07, 6.45) is -0.452. The van der Waals surface area contributed by atoms with E-state index in [1.807, 2.05) is 18.2 Å². The molecular weight excluding hydrogens is 436 g/mol. The zero-order chi connectivity index (χ0) is 24.6. The normalized spacial score (nSPS) is 12.8. The second-order valence-electron chi connectivity index (χ2n) is 8.30. The van der Waals surface area contributed by atoms with Crippen molar-refractivity contribution < 1.29 is 15.0 Å². The van der Waals surface area contributed by atoms with E-state index in [1.165, 1.54) is 27.8 Å². The average molecular weight is 463 g/mol. The monoisotopic (exact) mass is 462 g/mol. The van der Waals surface area contributed by atoms with Crippen LogP contribution < -0.4 is 5.32 Å². The van der Waals surface area contributed by atoms with Crippen LogP contribution in [0.2, 0.25) is 0 Å². The molecule has 0 aromatic heterocycles. The van der Waals surface area contributed by atoms with Gasteiger partial charge in [0.25, 0.3) is 0 Å². The van der Waals surface area contributed by atoms with Crippen LogP contribution in [0.3, 0.4) is 0 Å². The van der Waals surface area contributed by atoms with Gasteiger partial charge in [-0.25, -0.2) is 4.79 Å². The van der Waals surface area contributed by atoms with Crippen LogP contribution in [0.25, 0.3) is 11.1 Å². The van der Waals surface area contributed by atoms with E-state index in [-0.39, 0.29) is 6.04 Å². The van der Waals surface area contributed by atoms with Gasteiger partial charge < -0.3 is 10.2 Å². The molecule has 0 fully saturated rings. The van der Waals surface area contributed by atoms with Gasteiger partial charge >= 0.3 is 5.97 Å². The molecule has 0 saturated carbocycles. The van der Waals surface area contributed by atoms with E-state index in [9.17, 15) is 10.1 Å². The molecule has 0 heterocycles. The van der Waals surface area contributed by atoms with Gasteiger partial charge in [0.1, 0.15) is 6.04 Å². The smallest absolute Gasteiger partial charge is 0.337 e. The van der Waals surface area contributed by atoms with Crippen molar-refractivity contribution in [1.29, 1.82) is 5.26 Å². The predicted octanol–water partition coefficient (Wildman–Crippen LogP) is 5.42. The van der Waals surface area contributed by atoms with Crippen LogP contribution in [0.15, 0.2) is 103 Å². The molecule has 5 nitrogen and oxygen atoms in total. The molecule has 4 aromatic carbocycles. The lowest BCUT2D eigenvalue weighted by molar-refractivity contribution is -0.146. The van der Waals surface area contributed by atoms with Gasteiger partial charge in [0.2, 0.25) is 0 Å². The van der Waals surface area contributed by atoms with Gasteiger partial charge in [0.15, 0.2) is 6.10 Å². The third kappa shape index (κ3) is 5.64. The molecule has 0 radical (unpaired) electrons. The highest BCUT2D eigenvalue weighted by Gasteiger charge is 2.24. The van der Waals surface area contributed by atoms with Gasteiger partial charge in [-0.05, 0) is 45.4 Å². The number of hydrogen-bond acceptors (Lipinski definition) is 4. The molecule has 174 valence electrons. The van der Waals surface area contributed by atoms with Crippen molar-refractivity contribution in [1.82, 2.24) is 5.32 Å². The lowest BCUT2D eigenvalue weighted by atomic mass is 9.95. The minimum Gasteiger partial charge on any atom is -0.479 e. The maximum Gasteiger partial charge on any atom is 0.337 e. The second-order valence-corrected chi connectivity index (χ2v) is 8.30. The predicted molar refractivity (Wildman–Crippen MR) is 135 cm³/mol. The van der Waals surface area contributed by atoms with E-state index in [0.717, 1.165) is 12.0 Å². The summed E-state index contributed by atoms with van der Waals surface area (Å²) < 4.78 is 0. The maximum atomic E-state index is 10.2. The molecule has 0 spiro atoms. The molecule has 0 aliphatic heterocycles. The topological polar surface area (TPSA) is 93.4 Å². The fourth-order valence-corrected chi connectivity index (χ4v) is 4.28. The van der Waals surface area contributed by atoms with E-state index in [0.29, 0.717) is 12.1 Å². The number of nitriles is 1. The Bertz CT molecular complexity index is 1330. The SMILES string of the molecule is N#C[C@H](NCc1ccccc1)c1cccc2c1-c1ccccc1C2.O=C(O)[C@@H](O)c1ccccc1. The number of nitrogens with one attached hydrogen (secondary N) is 1. The molecule has 0 bridgehead atoms. The molecule has 2 atom stereocenters. The molecule has 1 aliphatic rings. The number of rotatable bonds is 6. The van der Waals surface area contributed by atoms with Gasteiger partial charge in [-0.2, -0.15) is 5.26 Å². The van der Waals surface area contributed by atoms with Crippen LogP contribution in [0.1, 0.15) is 40.0 Å². The van der Waals surface area contributed by atoms with Gasteiger partial charge in [0.05, 0.1) is 6.07 Å². The maximum absolute atomic E-state index is 10.2. The highest BCUT2D eigenvalue weighted by molar-refractivity contribution is 5.80. The Kier molecular flexibility index (Phi) is 7.69. The van der Waals surface area contributed by atoms with Crippen LogP contribution in [0.4, 0.5) is 0 Å². The molecule has 3 N–H and O–H groups in total. The third-order valence-electron chi connectivity index (χ3n) is 5.99. The van der Waals surface area contributed by atoms with Crippen LogP contribution >= 0.6 is 0 Å². The van der Waals surface area contributed by atoms with Gasteiger partial charge in [-0.3, -0.25) is 5.32 Å². The number of aliphatic hydroxyl groups excluding tert-OH is 1. The van der Waals surface area contributed by atoms with Gasteiger partial charge in [0, 0.05) is 6.54 Å². The van der Waals surface area contributed by atoms with Crippen LogP contribution in [-0.4, -0.2) is 16.2 Å². The highest BCUT2D eigenvalue weighted by Crippen LogP contribution is 2.40. The Labute approximate surface area is 204 Å². The van der Waals surface area contributed by atoms with Gasteiger partial charge in [-0.1, -0.05) is 103 Å². The number of aliphatic hydroxyl groups is 1. The minimum absolute atomic E-state index is 0.314. The first kappa shape index (κ1) is 23.9. The van der Waals surface area contributed by atoms with Gasteiger partial charge in [-0.15, -0.1) is 0 Å². The van der Waals surface area contributed by atoms with Crippen LogP contribution in [-0.2, 0) is 17.8 Å². The van der Waals surface area contributed by atoms with E-state index < -0.39 is 12.1 Å². The molecule has 0 saturated heterocycles. The summed E-state index contributed by atoms with van der Waals surface area (Å²) in [6.45, 7) is 0.685. The third-order valence-corrected chi connectivity index (χ3v) is 5.99. The summed E-state index contributed by atoms with van der Waals surface area (Å²) in [7, 11) is 0. The first-order chi connectivity index (χ1) is 17.1. The summed E-state index contributed by atoms with van der Waals surface area (Å²) in [5.41, 5.74) is 7.84. The Morgan fingerprint density at radius 3 is 2.17 bits per heavy atom. The van der Waals surface area contributed by atoms with E-state index in [2.05, 4.69) is 66.0 Å². The Balaban J connectivity index is 0.000000221. The lowest BCUT2D eigenvalue weighted by Gasteiger charge is -2.16. The van der Waals surface area contributed by atoms with Crippen molar-refractivity contribution in [3.8, 4) is 17.2 Å². The zero-order valence-electron chi connectivity index (χ0n) is 19.1. The standard InChI is InChI=1S/C22H18N2.C8H8O3/c23-14-21(24-15-16-7-2-1-3-8-16)20-12-6-10-18-13-17-9-4-5-11-19(17)22(18)20;9-7(8(10)11)6-4-2-1-3-5-6/h1-12,21,24H,13,15H2;1-5,7,9H,(H,10,11)/t21-;7-/m00/s1. The molecule has 0 amide bonds. The zero-order valence-corrected chi connectivity index (χ0v) is 19.1. The number of carbonyl (C=O) groups is 1. The van der Waals surface area contributed by atoms with Crippen molar-refractivity contribution in [3.05, 3.63) is 131 Å². The number of carboxylic acids is 1. The number of hydrogen-bond donors (Lipinski definition) is 3. The molecule has 4 aromatic rings. The van der Waals surface area contributed by atoms with Crippen LogP contribution in [0.5, 0.6) is 0 Å². The Hall–Kier alpha value is -4.24. The van der Waals surface area contributed by atoms with Crippen LogP contribution in [0, 0.1) is 11.3 Å². The first-order valence-corrected chi connectivity index (χ1v) is 11.4. The largest absolute Gasteiger partial charge is 0.479 e. The van der Waals surface area contributed by atoms with Crippen molar-refractivity contribution in [3.63, 3.8) is 0 Å². The summed E-state index contributed by atoms with van der Waals surface area (Å²) in [5.74, 6) is -1.23. The molecular formula is C30H26N2O3. The summed E-state index contributed by atoms with van der Waals surface area (Å²) in [5, 5.41) is 30.5. The summed E-state index contributed by atoms with van der Waals surface area (Å²) in [6, 6.07) is 35.4. The van der Waals surface area contributed by atoms with Crippen molar-refractivity contribution >= 4 is 5.97 Å². The number of benzene rings is 4. The number of carboxylic acid groups (broad SMARTS) is 1. The molecule has 5 heteroatoms. The molecule has 0 unspecified atom stereocenters. The fourth-order valence-electron chi connectivity index (χ4n) is 4.28. The second kappa shape index (κ2) is 11.3. The fraction of sp³-hybridized carbons (Fsp3) is 0.133. The number of aliphatic carboxylic acids is 1. The Morgan fingerprint density at radius 1 is 0.857 bits per heavy atom. The lowest BCUT2D eigenvalue weighted by Crippen LogP contribution is -2.20. The molecule has 1 aliphatic carbocycles. The first-order valence-electron chi connectivity index (χ1n) is 11.4. The van der Waals surface area contributed by atoms with Crippen molar-refractivity contribution in [2.45, 2.75) is 25.1 Å².